The summed E-state index contributed by atoms with van der Waals surface area (Å²) in [5.74, 6) is 0. The SMILES string of the molecule is Cc1ccc(C)c(C(O)CN2CCC(N3CCCC3)C2)c1. The van der Waals surface area contributed by atoms with Gasteiger partial charge in [0.2, 0.25) is 0 Å². The normalized spacial score (nSPS) is 25.6. The summed E-state index contributed by atoms with van der Waals surface area (Å²) >= 11 is 0. The summed E-state index contributed by atoms with van der Waals surface area (Å²) in [7, 11) is 0. The zero-order chi connectivity index (χ0) is 14.8. The second-order valence-corrected chi connectivity index (χ2v) is 6.82. The van der Waals surface area contributed by atoms with Gasteiger partial charge in [-0.25, -0.2) is 0 Å². The number of aliphatic hydroxyl groups is 1. The number of β-amino-alcohol motifs (C(OH)–C–C–N with tert-alkyl or cyclic N) is 1. The summed E-state index contributed by atoms with van der Waals surface area (Å²) in [6.45, 7) is 9.76. The van der Waals surface area contributed by atoms with Crippen LogP contribution in [0.4, 0.5) is 0 Å². The van der Waals surface area contributed by atoms with E-state index in [9.17, 15) is 5.11 Å². The molecular formula is C18H28N2O. The molecule has 0 spiro atoms. The molecule has 1 aromatic rings. The van der Waals surface area contributed by atoms with E-state index in [4.69, 9.17) is 0 Å². The molecule has 2 atom stereocenters. The Morgan fingerprint density at radius 2 is 1.95 bits per heavy atom. The summed E-state index contributed by atoms with van der Waals surface area (Å²) in [6.07, 6.45) is 3.63. The van der Waals surface area contributed by atoms with Gasteiger partial charge in [0.15, 0.2) is 0 Å². The minimum Gasteiger partial charge on any atom is -0.387 e. The van der Waals surface area contributed by atoms with E-state index in [0.29, 0.717) is 0 Å². The van der Waals surface area contributed by atoms with Crippen LogP contribution in [0.25, 0.3) is 0 Å². The number of aryl methyl sites for hydroxylation is 2. The Hall–Kier alpha value is -0.900. The van der Waals surface area contributed by atoms with Crippen molar-refractivity contribution in [3.05, 3.63) is 34.9 Å². The monoisotopic (exact) mass is 288 g/mol. The average Bonchev–Trinajstić information content (AvgIpc) is 3.11. The van der Waals surface area contributed by atoms with Gasteiger partial charge in [-0.05, 0) is 63.9 Å². The van der Waals surface area contributed by atoms with E-state index >= 15 is 0 Å². The molecule has 2 saturated heterocycles. The first-order valence-corrected chi connectivity index (χ1v) is 8.35. The minimum atomic E-state index is -0.359. The van der Waals surface area contributed by atoms with Gasteiger partial charge in [0.25, 0.3) is 0 Å². The zero-order valence-corrected chi connectivity index (χ0v) is 13.4. The quantitative estimate of drug-likeness (QED) is 0.922. The van der Waals surface area contributed by atoms with Crippen LogP contribution in [0.1, 0.15) is 42.1 Å². The highest BCUT2D eigenvalue weighted by Gasteiger charge is 2.30. The highest BCUT2D eigenvalue weighted by atomic mass is 16.3. The third-order valence-corrected chi connectivity index (χ3v) is 5.13. The maximum absolute atomic E-state index is 10.6. The Morgan fingerprint density at radius 3 is 2.71 bits per heavy atom. The number of nitrogens with zero attached hydrogens (tertiary/aromatic N) is 2. The molecule has 2 unspecified atom stereocenters. The van der Waals surface area contributed by atoms with Crippen LogP contribution in [0.15, 0.2) is 18.2 Å². The third-order valence-electron chi connectivity index (χ3n) is 5.13. The summed E-state index contributed by atoms with van der Waals surface area (Å²) < 4.78 is 0. The first-order chi connectivity index (χ1) is 10.1. The van der Waals surface area contributed by atoms with Gasteiger partial charge in [-0.1, -0.05) is 23.8 Å². The molecule has 3 heteroatoms. The summed E-state index contributed by atoms with van der Waals surface area (Å²) in [5.41, 5.74) is 3.52. The standard InChI is InChI=1S/C18H28N2O/c1-14-5-6-15(2)17(11-14)18(21)13-19-10-7-16(12-19)20-8-3-4-9-20/h5-6,11,16,18,21H,3-4,7-10,12-13H2,1-2H3. The Kier molecular flexibility index (Phi) is 4.63. The smallest absolute Gasteiger partial charge is 0.0919 e. The van der Waals surface area contributed by atoms with Crippen molar-refractivity contribution in [2.45, 2.75) is 45.3 Å². The van der Waals surface area contributed by atoms with Gasteiger partial charge in [0, 0.05) is 19.1 Å². The van der Waals surface area contributed by atoms with Crippen LogP contribution < -0.4 is 0 Å². The van der Waals surface area contributed by atoms with Crippen molar-refractivity contribution in [1.82, 2.24) is 9.80 Å². The summed E-state index contributed by atoms with van der Waals surface area (Å²) in [4.78, 5) is 5.08. The van der Waals surface area contributed by atoms with Crippen LogP contribution in [-0.2, 0) is 0 Å². The fourth-order valence-electron chi connectivity index (χ4n) is 3.84. The van der Waals surface area contributed by atoms with Gasteiger partial charge in [-0.15, -0.1) is 0 Å². The van der Waals surface area contributed by atoms with E-state index in [1.807, 2.05) is 0 Å². The lowest BCUT2D eigenvalue weighted by molar-refractivity contribution is 0.120. The van der Waals surface area contributed by atoms with Crippen LogP contribution in [-0.4, -0.2) is 53.7 Å². The number of benzene rings is 1. The summed E-state index contributed by atoms with van der Waals surface area (Å²) in [6, 6.07) is 7.09. The summed E-state index contributed by atoms with van der Waals surface area (Å²) in [5, 5.41) is 10.6. The van der Waals surface area contributed by atoms with Crippen LogP contribution in [0.3, 0.4) is 0 Å². The van der Waals surface area contributed by atoms with Crippen molar-refractivity contribution >= 4 is 0 Å². The molecule has 0 bridgehead atoms. The first kappa shape index (κ1) is 15.0. The van der Waals surface area contributed by atoms with Gasteiger partial charge in [0.1, 0.15) is 0 Å². The van der Waals surface area contributed by atoms with E-state index < -0.39 is 0 Å². The number of rotatable bonds is 4. The minimum absolute atomic E-state index is 0.359. The number of aliphatic hydroxyl groups excluding tert-OH is 1. The van der Waals surface area contributed by atoms with Crippen molar-refractivity contribution < 1.29 is 5.11 Å². The number of hydrogen-bond acceptors (Lipinski definition) is 3. The Labute approximate surface area is 128 Å². The van der Waals surface area contributed by atoms with Crippen LogP contribution in [0.2, 0.25) is 0 Å². The van der Waals surface area contributed by atoms with Gasteiger partial charge < -0.3 is 5.11 Å². The van der Waals surface area contributed by atoms with Crippen molar-refractivity contribution in [2.24, 2.45) is 0 Å². The van der Waals surface area contributed by atoms with Crippen molar-refractivity contribution in [3.63, 3.8) is 0 Å². The van der Waals surface area contributed by atoms with Crippen LogP contribution in [0, 0.1) is 13.8 Å². The molecule has 3 rings (SSSR count). The molecule has 2 fully saturated rings. The third kappa shape index (κ3) is 3.47. The van der Waals surface area contributed by atoms with Gasteiger partial charge in [0.05, 0.1) is 6.10 Å². The van der Waals surface area contributed by atoms with E-state index in [2.05, 4.69) is 41.8 Å². The van der Waals surface area contributed by atoms with Crippen LogP contribution >= 0.6 is 0 Å². The molecule has 2 aliphatic heterocycles. The highest BCUT2D eigenvalue weighted by molar-refractivity contribution is 5.32. The lowest BCUT2D eigenvalue weighted by Crippen LogP contribution is -2.36. The lowest BCUT2D eigenvalue weighted by atomic mass is 10.0. The lowest BCUT2D eigenvalue weighted by Gasteiger charge is -2.25. The van der Waals surface area contributed by atoms with Crippen LogP contribution in [0.5, 0.6) is 0 Å². The molecule has 2 heterocycles. The first-order valence-electron chi connectivity index (χ1n) is 8.35. The van der Waals surface area contributed by atoms with Crippen molar-refractivity contribution in [3.8, 4) is 0 Å². The zero-order valence-electron chi connectivity index (χ0n) is 13.4. The van der Waals surface area contributed by atoms with E-state index in [1.54, 1.807) is 0 Å². The predicted molar refractivity (Wildman–Crippen MR) is 86.5 cm³/mol. The van der Waals surface area contributed by atoms with Gasteiger partial charge in [-0.2, -0.15) is 0 Å². The highest BCUT2D eigenvalue weighted by Crippen LogP contribution is 2.24. The second kappa shape index (κ2) is 6.47. The number of hydrogen-bond donors (Lipinski definition) is 1. The topological polar surface area (TPSA) is 26.7 Å². The fourth-order valence-corrected chi connectivity index (χ4v) is 3.84. The van der Waals surface area contributed by atoms with E-state index in [0.717, 1.165) is 31.2 Å². The van der Waals surface area contributed by atoms with E-state index in [-0.39, 0.29) is 6.10 Å². The van der Waals surface area contributed by atoms with Gasteiger partial charge >= 0.3 is 0 Å². The molecular weight excluding hydrogens is 260 g/mol. The maximum atomic E-state index is 10.6. The molecule has 1 N–H and O–H groups in total. The molecule has 0 aromatic heterocycles. The molecule has 1 aromatic carbocycles. The molecule has 3 nitrogen and oxygen atoms in total. The molecule has 116 valence electrons. The van der Waals surface area contributed by atoms with Crippen molar-refractivity contribution in [1.29, 1.82) is 0 Å². The maximum Gasteiger partial charge on any atom is 0.0919 e. The molecule has 0 aliphatic carbocycles. The van der Waals surface area contributed by atoms with Gasteiger partial charge in [-0.3, -0.25) is 9.80 Å². The molecule has 0 amide bonds. The molecule has 2 aliphatic rings. The van der Waals surface area contributed by atoms with E-state index in [1.165, 1.54) is 43.5 Å². The Balaban J connectivity index is 1.58. The second-order valence-electron chi connectivity index (χ2n) is 6.82. The molecule has 21 heavy (non-hydrogen) atoms. The van der Waals surface area contributed by atoms with Crippen molar-refractivity contribution in [2.75, 3.05) is 32.7 Å². The fraction of sp³-hybridized carbons (Fsp3) is 0.667. The Bertz CT molecular complexity index is 482. The Morgan fingerprint density at radius 1 is 1.19 bits per heavy atom. The molecule has 0 radical (unpaired) electrons. The average molecular weight is 288 g/mol. The molecule has 0 saturated carbocycles. The largest absolute Gasteiger partial charge is 0.387 e. The predicted octanol–water partition coefficient (Wildman–Crippen LogP) is 2.51. The number of likely N-dealkylation sites (tertiary alicyclic amines) is 2.